The van der Waals surface area contributed by atoms with Crippen molar-refractivity contribution in [3.05, 3.63) is 65.7 Å². The highest BCUT2D eigenvalue weighted by molar-refractivity contribution is 5.97. The largest absolute Gasteiger partial charge is 0.507 e. The molecule has 2 aliphatic rings. The van der Waals surface area contributed by atoms with Crippen LogP contribution >= 0.6 is 0 Å². The fourth-order valence-electron chi connectivity index (χ4n) is 4.32. The molecule has 2 saturated heterocycles. The van der Waals surface area contributed by atoms with E-state index in [2.05, 4.69) is 0 Å². The van der Waals surface area contributed by atoms with E-state index in [-0.39, 0.29) is 29.0 Å². The first-order valence-electron chi connectivity index (χ1n) is 10.8. The Hall–Kier alpha value is -3.35. The van der Waals surface area contributed by atoms with Gasteiger partial charge in [-0.15, -0.1) is 0 Å². The molecule has 2 aromatic rings. The van der Waals surface area contributed by atoms with Crippen LogP contribution in [0.25, 0.3) is 0 Å². The SMILES string of the molecule is O=C(c1ccccc1O)N1CCN(C(=O)C(c2ccccc2)N2CCCCC2=O)CC1. The first-order valence-corrected chi connectivity index (χ1v) is 10.8. The van der Waals surface area contributed by atoms with Gasteiger partial charge in [0, 0.05) is 39.1 Å². The summed E-state index contributed by atoms with van der Waals surface area (Å²) in [5.41, 5.74) is 1.08. The van der Waals surface area contributed by atoms with Crippen LogP contribution in [-0.4, -0.2) is 70.3 Å². The molecule has 2 aliphatic heterocycles. The van der Waals surface area contributed by atoms with E-state index >= 15 is 0 Å². The second kappa shape index (κ2) is 9.20. The number of carbonyl (C=O) groups is 3. The quantitative estimate of drug-likeness (QED) is 0.822. The standard InChI is InChI=1S/C24H27N3O4/c28-20-11-5-4-10-19(20)23(30)25-14-16-26(17-15-25)24(31)22(18-8-2-1-3-9-18)27-13-7-6-12-21(27)29/h1-5,8-11,22,28H,6-7,12-17H2. The van der Waals surface area contributed by atoms with Gasteiger partial charge < -0.3 is 19.8 Å². The Morgan fingerprint density at radius 2 is 1.45 bits per heavy atom. The number of para-hydroxylation sites is 1. The Balaban J connectivity index is 1.48. The van der Waals surface area contributed by atoms with Crippen molar-refractivity contribution in [2.45, 2.75) is 25.3 Å². The molecular formula is C24H27N3O4. The van der Waals surface area contributed by atoms with Crippen molar-refractivity contribution in [1.82, 2.24) is 14.7 Å². The van der Waals surface area contributed by atoms with Crippen molar-refractivity contribution < 1.29 is 19.5 Å². The molecular weight excluding hydrogens is 394 g/mol. The van der Waals surface area contributed by atoms with Gasteiger partial charge in [-0.1, -0.05) is 42.5 Å². The summed E-state index contributed by atoms with van der Waals surface area (Å²) in [4.78, 5) is 44.0. The van der Waals surface area contributed by atoms with Crippen molar-refractivity contribution in [2.75, 3.05) is 32.7 Å². The van der Waals surface area contributed by atoms with E-state index in [0.717, 1.165) is 18.4 Å². The summed E-state index contributed by atoms with van der Waals surface area (Å²) in [5, 5.41) is 9.97. The van der Waals surface area contributed by atoms with Crippen LogP contribution in [0, 0.1) is 0 Å². The van der Waals surface area contributed by atoms with E-state index in [0.29, 0.717) is 39.1 Å². The van der Waals surface area contributed by atoms with Gasteiger partial charge in [0.25, 0.3) is 5.91 Å². The zero-order chi connectivity index (χ0) is 21.8. The third-order valence-electron chi connectivity index (χ3n) is 6.03. The maximum absolute atomic E-state index is 13.5. The molecule has 7 nitrogen and oxygen atoms in total. The summed E-state index contributed by atoms with van der Waals surface area (Å²) in [5.74, 6) is -0.368. The molecule has 0 saturated carbocycles. The highest BCUT2D eigenvalue weighted by atomic mass is 16.3. The maximum atomic E-state index is 13.5. The molecule has 2 aromatic carbocycles. The number of carbonyl (C=O) groups excluding carboxylic acids is 3. The van der Waals surface area contributed by atoms with Crippen molar-refractivity contribution in [1.29, 1.82) is 0 Å². The number of aromatic hydroxyl groups is 1. The molecule has 4 rings (SSSR count). The lowest BCUT2D eigenvalue weighted by atomic mass is 9.99. The molecule has 0 spiro atoms. The third-order valence-corrected chi connectivity index (χ3v) is 6.03. The van der Waals surface area contributed by atoms with E-state index in [4.69, 9.17) is 0 Å². The van der Waals surface area contributed by atoms with Gasteiger partial charge in [0.05, 0.1) is 5.56 Å². The predicted molar refractivity (Wildman–Crippen MR) is 115 cm³/mol. The topological polar surface area (TPSA) is 81.2 Å². The van der Waals surface area contributed by atoms with Gasteiger partial charge in [-0.25, -0.2) is 0 Å². The molecule has 1 unspecified atom stereocenters. The summed E-state index contributed by atoms with van der Waals surface area (Å²) in [7, 11) is 0. The van der Waals surface area contributed by atoms with Gasteiger partial charge >= 0.3 is 0 Å². The van der Waals surface area contributed by atoms with Crippen LogP contribution in [0.4, 0.5) is 0 Å². The predicted octanol–water partition coefficient (Wildman–Crippen LogP) is 2.43. The first kappa shape index (κ1) is 20.9. The molecule has 0 radical (unpaired) electrons. The summed E-state index contributed by atoms with van der Waals surface area (Å²) < 4.78 is 0. The molecule has 1 N–H and O–H groups in total. The number of likely N-dealkylation sites (tertiary alicyclic amines) is 1. The highest BCUT2D eigenvalue weighted by Crippen LogP contribution is 2.28. The van der Waals surface area contributed by atoms with E-state index < -0.39 is 6.04 Å². The van der Waals surface area contributed by atoms with Gasteiger partial charge in [0.2, 0.25) is 11.8 Å². The maximum Gasteiger partial charge on any atom is 0.257 e. The van der Waals surface area contributed by atoms with Crippen LogP contribution in [-0.2, 0) is 9.59 Å². The number of rotatable bonds is 4. The van der Waals surface area contributed by atoms with Crippen molar-refractivity contribution in [2.24, 2.45) is 0 Å². The van der Waals surface area contributed by atoms with Crippen molar-refractivity contribution in [3.8, 4) is 5.75 Å². The molecule has 31 heavy (non-hydrogen) atoms. The Morgan fingerprint density at radius 1 is 0.806 bits per heavy atom. The summed E-state index contributed by atoms with van der Waals surface area (Å²) in [6.07, 6.45) is 2.23. The number of hydrogen-bond donors (Lipinski definition) is 1. The third kappa shape index (κ3) is 4.40. The number of piperidine rings is 1. The Bertz CT molecular complexity index is 954. The van der Waals surface area contributed by atoms with Crippen LogP contribution in [0.15, 0.2) is 54.6 Å². The molecule has 2 fully saturated rings. The van der Waals surface area contributed by atoms with Crippen LogP contribution in [0.2, 0.25) is 0 Å². The van der Waals surface area contributed by atoms with Gasteiger partial charge in [-0.3, -0.25) is 14.4 Å². The lowest BCUT2D eigenvalue weighted by Gasteiger charge is -2.40. The average molecular weight is 421 g/mol. The minimum absolute atomic E-state index is 0.0156. The number of piperazine rings is 1. The fraction of sp³-hybridized carbons (Fsp3) is 0.375. The Morgan fingerprint density at radius 3 is 2.13 bits per heavy atom. The number of nitrogens with zero attached hydrogens (tertiary/aromatic N) is 3. The van der Waals surface area contributed by atoms with Gasteiger partial charge in [0.15, 0.2) is 0 Å². The number of phenolic OH excluding ortho intramolecular Hbond substituents is 1. The molecule has 0 aliphatic carbocycles. The van der Waals surface area contributed by atoms with Crippen LogP contribution in [0.3, 0.4) is 0 Å². The second-order valence-corrected chi connectivity index (χ2v) is 7.99. The Labute approximate surface area is 181 Å². The molecule has 1 atom stereocenters. The molecule has 162 valence electrons. The molecule has 3 amide bonds. The monoisotopic (exact) mass is 421 g/mol. The Kier molecular flexibility index (Phi) is 6.21. The molecule has 0 bridgehead atoms. The van der Waals surface area contributed by atoms with Crippen molar-refractivity contribution in [3.63, 3.8) is 0 Å². The summed E-state index contributed by atoms with van der Waals surface area (Å²) in [6.45, 7) is 2.13. The van der Waals surface area contributed by atoms with Crippen LogP contribution in [0.1, 0.15) is 41.2 Å². The number of amides is 3. The lowest BCUT2D eigenvalue weighted by Crippen LogP contribution is -2.54. The average Bonchev–Trinajstić information content (AvgIpc) is 2.81. The van der Waals surface area contributed by atoms with E-state index in [1.165, 1.54) is 6.07 Å². The first-order chi connectivity index (χ1) is 15.1. The summed E-state index contributed by atoms with van der Waals surface area (Å²) >= 11 is 0. The van der Waals surface area contributed by atoms with Gasteiger partial charge in [0.1, 0.15) is 11.8 Å². The van der Waals surface area contributed by atoms with Gasteiger partial charge in [-0.2, -0.15) is 0 Å². The number of hydrogen-bond acceptors (Lipinski definition) is 4. The van der Waals surface area contributed by atoms with Gasteiger partial charge in [-0.05, 0) is 30.5 Å². The number of phenols is 1. The molecule has 2 heterocycles. The van der Waals surface area contributed by atoms with Crippen LogP contribution in [0.5, 0.6) is 5.75 Å². The molecule has 7 heteroatoms. The van der Waals surface area contributed by atoms with E-state index in [9.17, 15) is 19.5 Å². The second-order valence-electron chi connectivity index (χ2n) is 7.99. The minimum atomic E-state index is -0.630. The smallest absolute Gasteiger partial charge is 0.257 e. The minimum Gasteiger partial charge on any atom is -0.507 e. The van der Waals surface area contributed by atoms with Crippen molar-refractivity contribution >= 4 is 17.7 Å². The molecule has 0 aromatic heterocycles. The zero-order valence-electron chi connectivity index (χ0n) is 17.4. The van der Waals surface area contributed by atoms with E-state index in [1.807, 2.05) is 30.3 Å². The lowest BCUT2D eigenvalue weighted by molar-refractivity contribution is -0.148. The zero-order valence-corrected chi connectivity index (χ0v) is 17.4. The van der Waals surface area contributed by atoms with Crippen LogP contribution < -0.4 is 0 Å². The van der Waals surface area contributed by atoms with E-state index in [1.54, 1.807) is 32.9 Å². The normalized spacial score (nSPS) is 18.1. The highest BCUT2D eigenvalue weighted by Gasteiger charge is 2.36. The number of benzene rings is 2. The summed E-state index contributed by atoms with van der Waals surface area (Å²) in [6, 6.07) is 15.3. The fourth-order valence-corrected chi connectivity index (χ4v) is 4.32.